The molecule has 2 amide bonds. The van der Waals surface area contributed by atoms with E-state index in [9.17, 15) is 4.79 Å². The topological polar surface area (TPSA) is 46.3 Å². The second-order valence-electron chi connectivity index (χ2n) is 3.72. The average Bonchev–Trinajstić information content (AvgIpc) is 2.04. The van der Waals surface area contributed by atoms with Crippen LogP contribution in [0, 0.1) is 11.8 Å². The lowest BCUT2D eigenvalue weighted by atomic mass is 9.85. The lowest BCUT2D eigenvalue weighted by Crippen LogP contribution is -2.45. The zero-order chi connectivity index (χ0) is 9.14. The Morgan fingerprint density at radius 1 is 1.67 bits per heavy atom. The van der Waals surface area contributed by atoms with Crippen molar-refractivity contribution in [3.63, 3.8) is 0 Å². The SMILES string of the molecule is CCC1CCN(C(N)=O)CC1C. The first-order valence-electron chi connectivity index (χ1n) is 4.69. The van der Waals surface area contributed by atoms with Gasteiger partial charge in [-0.05, 0) is 18.3 Å². The number of rotatable bonds is 1. The minimum atomic E-state index is -0.267. The predicted molar refractivity (Wildman–Crippen MR) is 48.7 cm³/mol. The maximum Gasteiger partial charge on any atom is 0.314 e. The summed E-state index contributed by atoms with van der Waals surface area (Å²) in [6.45, 7) is 6.09. The summed E-state index contributed by atoms with van der Waals surface area (Å²) in [4.78, 5) is 12.6. The van der Waals surface area contributed by atoms with Crippen LogP contribution < -0.4 is 5.73 Å². The number of amides is 2. The first kappa shape index (κ1) is 9.36. The third-order valence-corrected chi connectivity index (χ3v) is 2.92. The Kier molecular flexibility index (Phi) is 2.95. The molecule has 0 spiro atoms. The summed E-state index contributed by atoms with van der Waals surface area (Å²) in [5.74, 6) is 1.39. The summed E-state index contributed by atoms with van der Waals surface area (Å²) < 4.78 is 0. The number of primary amides is 1. The highest BCUT2D eigenvalue weighted by Crippen LogP contribution is 2.25. The van der Waals surface area contributed by atoms with Crippen LogP contribution in [-0.2, 0) is 0 Å². The zero-order valence-electron chi connectivity index (χ0n) is 7.92. The average molecular weight is 170 g/mol. The minimum Gasteiger partial charge on any atom is -0.351 e. The van der Waals surface area contributed by atoms with Gasteiger partial charge < -0.3 is 10.6 Å². The summed E-state index contributed by atoms with van der Waals surface area (Å²) in [5.41, 5.74) is 5.20. The van der Waals surface area contributed by atoms with Gasteiger partial charge in [0.05, 0.1) is 0 Å². The molecule has 3 nitrogen and oxygen atoms in total. The Labute approximate surface area is 73.9 Å². The van der Waals surface area contributed by atoms with E-state index in [0.29, 0.717) is 5.92 Å². The van der Waals surface area contributed by atoms with Crippen molar-refractivity contribution in [2.24, 2.45) is 17.6 Å². The molecule has 1 rings (SSSR count). The Bertz CT molecular complexity index is 170. The van der Waals surface area contributed by atoms with Crippen molar-refractivity contribution in [1.82, 2.24) is 4.90 Å². The largest absolute Gasteiger partial charge is 0.351 e. The molecule has 2 atom stereocenters. The number of hydrogen-bond donors (Lipinski definition) is 1. The number of urea groups is 1. The lowest BCUT2D eigenvalue weighted by Gasteiger charge is -2.35. The van der Waals surface area contributed by atoms with Crippen LogP contribution >= 0.6 is 0 Å². The maximum absolute atomic E-state index is 10.8. The molecular formula is C9H18N2O. The number of hydrogen-bond acceptors (Lipinski definition) is 1. The van der Waals surface area contributed by atoms with Gasteiger partial charge in [0.2, 0.25) is 0 Å². The molecule has 2 N–H and O–H groups in total. The first-order chi connectivity index (χ1) is 5.65. The lowest BCUT2D eigenvalue weighted by molar-refractivity contribution is 0.142. The van der Waals surface area contributed by atoms with Crippen LogP contribution in [-0.4, -0.2) is 24.0 Å². The fourth-order valence-electron chi connectivity index (χ4n) is 2.00. The van der Waals surface area contributed by atoms with E-state index in [-0.39, 0.29) is 6.03 Å². The maximum atomic E-state index is 10.8. The molecule has 1 fully saturated rings. The molecule has 0 aliphatic carbocycles. The molecule has 3 heteroatoms. The van der Waals surface area contributed by atoms with Crippen molar-refractivity contribution in [3.8, 4) is 0 Å². The number of piperidine rings is 1. The van der Waals surface area contributed by atoms with Crippen molar-refractivity contribution < 1.29 is 4.79 Å². The smallest absolute Gasteiger partial charge is 0.314 e. The molecule has 1 heterocycles. The third-order valence-electron chi connectivity index (χ3n) is 2.92. The first-order valence-corrected chi connectivity index (χ1v) is 4.69. The van der Waals surface area contributed by atoms with Crippen molar-refractivity contribution in [2.45, 2.75) is 26.7 Å². The van der Waals surface area contributed by atoms with E-state index >= 15 is 0 Å². The molecule has 0 bridgehead atoms. The summed E-state index contributed by atoms with van der Waals surface area (Å²) >= 11 is 0. The molecule has 0 aromatic rings. The zero-order valence-corrected chi connectivity index (χ0v) is 7.92. The summed E-state index contributed by atoms with van der Waals surface area (Å²) in [6, 6.07) is -0.267. The number of nitrogens with zero attached hydrogens (tertiary/aromatic N) is 1. The van der Waals surface area contributed by atoms with E-state index in [4.69, 9.17) is 5.73 Å². The molecule has 0 radical (unpaired) electrons. The number of nitrogens with two attached hydrogens (primary N) is 1. The van der Waals surface area contributed by atoms with E-state index in [0.717, 1.165) is 25.4 Å². The molecule has 12 heavy (non-hydrogen) atoms. The third kappa shape index (κ3) is 1.90. The van der Waals surface area contributed by atoms with E-state index < -0.39 is 0 Å². The van der Waals surface area contributed by atoms with E-state index in [1.165, 1.54) is 6.42 Å². The van der Waals surface area contributed by atoms with Gasteiger partial charge in [-0.2, -0.15) is 0 Å². The quantitative estimate of drug-likeness (QED) is 0.635. The minimum absolute atomic E-state index is 0.267. The molecular weight excluding hydrogens is 152 g/mol. The highest BCUT2D eigenvalue weighted by atomic mass is 16.2. The van der Waals surface area contributed by atoms with Gasteiger partial charge in [0.25, 0.3) is 0 Å². The molecule has 2 unspecified atom stereocenters. The monoisotopic (exact) mass is 170 g/mol. The van der Waals surface area contributed by atoms with Crippen molar-refractivity contribution in [1.29, 1.82) is 0 Å². The number of likely N-dealkylation sites (tertiary alicyclic amines) is 1. The Hall–Kier alpha value is -0.730. The Morgan fingerprint density at radius 3 is 2.75 bits per heavy atom. The Morgan fingerprint density at radius 2 is 2.33 bits per heavy atom. The molecule has 0 saturated carbocycles. The van der Waals surface area contributed by atoms with Gasteiger partial charge in [0.15, 0.2) is 0 Å². The van der Waals surface area contributed by atoms with Crippen LogP contribution in [0.15, 0.2) is 0 Å². The van der Waals surface area contributed by atoms with Crippen LogP contribution in [0.2, 0.25) is 0 Å². The second-order valence-corrected chi connectivity index (χ2v) is 3.72. The van der Waals surface area contributed by atoms with Gasteiger partial charge in [-0.1, -0.05) is 20.3 Å². The van der Waals surface area contributed by atoms with Crippen LogP contribution in [0.3, 0.4) is 0 Å². The molecule has 1 aliphatic heterocycles. The van der Waals surface area contributed by atoms with Gasteiger partial charge in [0.1, 0.15) is 0 Å². The van der Waals surface area contributed by atoms with Crippen LogP contribution in [0.1, 0.15) is 26.7 Å². The van der Waals surface area contributed by atoms with E-state index in [1.807, 2.05) is 0 Å². The van der Waals surface area contributed by atoms with Gasteiger partial charge in [-0.25, -0.2) is 4.79 Å². The van der Waals surface area contributed by atoms with Gasteiger partial charge in [0, 0.05) is 13.1 Å². The number of carbonyl (C=O) groups excluding carboxylic acids is 1. The van der Waals surface area contributed by atoms with Gasteiger partial charge >= 0.3 is 6.03 Å². The van der Waals surface area contributed by atoms with E-state index in [1.54, 1.807) is 4.90 Å². The van der Waals surface area contributed by atoms with Crippen molar-refractivity contribution >= 4 is 6.03 Å². The Balaban J connectivity index is 2.46. The summed E-state index contributed by atoms with van der Waals surface area (Å²) in [6.07, 6.45) is 2.33. The van der Waals surface area contributed by atoms with Crippen molar-refractivity contribution in [3.05, 3.63) is 0 Å². The fourth-order valence-corrected chi connectivity index (χ4v) is 2.00. The molecule has 0 aromatic heterocycles. The normalized spacial score (nSPS) is 30.3. The fraction of sp³-hybridized carbons (Fsp3) is 0.889. The van der Waals surface area contributed by atoms with Crippen LogP contribution in [0.4, 0.5) is 4.79 Å². The van der Waals surface area contributed by atoms with Gasteiger partial charge in [-0.15, -0.1) is 0 Å². The standard InChI is InChI=1S/C9H18N2O/c1-3-8-4-5-11(9(10)12)6-7(8)2/h7-8H,3-6H2,1-2H3,(H2,10,12). The highest BCUT2D eigenvalue weighted by molar-refractivity contribution is 5.72. The van der Waals surface area contributed by atoms with Gasteiger partial charge in [-0.3, -0.25) is 0 Å². The molecule has 1 aliphatic rings. The van der Waals surface area contributed by atoms with Crippen LogP contribution in [0.25, 0.3) is 0 Å². The molecule has 70 valence electrons. The molecule has 1 saturated heterocycles. The van der Waals surface area contributed by atoms with Crippen LogP contribution in [0.5, 0.6) is 0 Å². The predicted octanol–water partition coefficient (Wildman–Crippen LogP) is 1.43. The molecule has 0 aromatic carbocycles. The highest BCUT2D eigenvalue weighted by Gasteiger charge is 2.25. The van der Waals surface area contributed by atoms with Crippen molar-refractivity contribution in [2.75, 3.05) is 13.1 Å². The summed E-state index contributed by atoms with van der Waals surface area (Å²) in [5, 5.41) is 0. The second kappa shape index (κ2) is 3.78. The number of carbonyl (C=O) groups is 1. The van der Waals surface area contributed by atoms with E-state index in [2.05, 4.69) is 13.8 Å². The summed E-state index contributed by atoms with van der Waals surface area (Å²) in [7, 11) is 0.